The second kappa shape index (κ2) is 10.9. The van der Waals surface area contributed by atoms with Gasteiger partial charge in [0, 0.05) is 24.2 Å². The number of hydrogen-bond acceptors (Lipinski definition) is 4. The van der Waals surface area contributed by atoms with Crippen molar-refractivity contribution in [2.45, 2.75) is 63.6 Å². The summed E-state index contributed by atoms with van der Waals surface area (Å²) >= 11 is 0. The molecule has 1 aliphatic heterocycles. The van der Waals surface area contributed by atoms with E-state index in [-0.39, 0.29) is 53.1 Å². The van der Waals surface area contributed by atoms with Crippen LogP contribution in [0, 0.1) is 0 Å². The summed E-state index contributed by atoms with van der Waals surface area (Å²) in [7, 11) is -2.90. The molecule has 2 unspecified atom stereocenters. The Kier molecular flexibility index (Phi) is 9.21. The van der Waals surface area contributed by atoms with E-state index < -0.39 is 9.84 Å². The van der Waals surface area contributed by atoms with Crippen molar-refractivity contribution in [1.82, 2.24) is 16.0 Å². The molecule has 164 valence electrons. The van der Waals surface area contributed by atoms with Crippen molar-refractivity contribution in [2.24, 2.45) is 4.99 Å². The first-order valence-corrected chi connectivity index (χ1v) is 12.3. The molecule has 1 heterocycles. The van der Waals surface area contributed by atoms with Gasteiger partial charge in [0.15, 0.2) is 15.8 Å². The summed E-state index contributed by atoms with van der Waals surface area (Å²) in [6.07, 6.45) is 5.32. The first-order chi connectivity index (χ1) is 13.4. The van der Waals surface area contributed by atoms with Gasteiger partial charge in [0.1, 0.15) is 0 Å². The molecule has 0 aromatic heterocycles. The maximum Gasteiger partial charge on any atom is 0.191 e. The predicted molar refractivity (Wildman–Crippen MR) is 131 cm³/mol. The highest BCUT2D eigenvalue weighted by atomic mass is 127. The van der Waals surface area contributed by atoms with Gasteiger partial charge in [-0.3, -0.25) is 4.99 Å². The number of hydrogen-bond donors (Lipinski definition) is 3. The maximum atomic E-state index is 11.7. The minimum absolute atomic E-state index is 0. The van der Waals surface area contributed by atoms with E-state index in [0.717, 1.165) is 25.3 Å². The van der Waals surface area contributed by atoms with Crippen molar-refractivity contribution in [3.8, 4) is 0 Å². The average molecular weight is 535 g/mol. The Balaban J connectivity index is 0.00000300. The Morgan fingerprint density at radius 3 is 2.52 bits per heavy atom. The third-order valence-corrected chi connectivity index (χ3v) is 7.61. The molecule has 1 aromatic rings. The minimum Gasteiger partial charge on any atom is -0.357 e. The molecule has 2 fully saturated rings. The minimum atomic E-state index is -2.90. The molecule has 8 heteroatoms. The van der Waals surface area contributed by atoms with Crippen LogP contribution >= 0.6 is 24.0 Å². The normalized spacial score (nSPS) is 23.9. The van der Waals surface area contributed by atoms with Crippen LogP contribution in [0.1, 0.15) is 57.6 Å². The average Bonchev–Trinajstić information content (AvgIpc) is 3.27. The molecule has 0 radical (unpaired) electrons. The van der Waals surface area contributed by atoms with E-state index in [1.54, 1.807) is 0 Å². The van der Waals surface area contributed by atoms with Gasteiger partial charge in [0.05, 0.1) is 18.1 Å². The number of aliphatic imine (C=N–C) groups is 1. The van der Waals surface area contributed by atoms with Crippen LogP contribution in [0.4, 0.5) is 0 Å². The van der Waals surface area contributed by atoms with Crippen molar-refractivity contribution in [3.05, 3.63) is 35.9 Å². The highest BCUT2D eigenvalue weighted by molar-refractivity contribution is 14.0. The highest BCUT2D eigenvalue weighted by Crippen LogP contribution is 2.32. The van der Waals surface area contributed by atoms with Crippen molar-refractivity contribution >= 4 is 39.8 Å². The van der Waals surface area contributed by atoms with Crippen molar-refractivity contribution < 1.29 is 8.42 Å². The number of nitrogens with zero attached hydrogens (tertiary/aromatic N) is 1. The molecule has 0 spiro atoms. The smallest absolute Gasteiger partial charge is 0.191 e. The van der Waals surface area contributed by atoms with Crippen LogP contribution in [0.15, 0.2) is 35.3 Å². The standard InChI is InChI=1S/C21H34N4O2S.HI/c1-3-22-20(24-19-11-14-28(26,27)15-19)23-16-21(12-7-8-13-21)25-17(2)18-9-5-4-6-10-18;/h4-6,9-10,17,19,25H,3,7-8,11-16H2,1-2H3,(H2,22,23,24);1H. The fourth-order valence-corrected chi connectivity index (χ4v) is 6.01. The molecule has 29 heavy (non-hydrogen) atoms. The summed E-state index contributed by atoms with van der Waals surface area (Å²) in [5, 5.41) is 10.5. The Morgan fingerprint density at radius 2 is 1.93 bits per heavy atom. The van der Waals surface area contributed by atoms with Crippen LogP contribution < -0.4 is 16.0 Å². The van der Waals surface area contributed by atoms with Crippen LogP contribution in [0.25, 0.3) is 0 Å². The lowest BCUT2D eigenvalue weighted by Gasteiger charge is -2.33. The fourth-order valence-electron chi connectivity index (χ4n) is 4.34. The predicted octanol–water partition coefficient (Wildman–Crippen LogP) is 3.01. The van der Waals surface area contributed by atoms with Gasteiger partial charge in [0.2, 0.25) is 0 Å². The molecule has 3 rings (SSSR count). The maximum absolute atomic E-state index is 11.7. The van der Waals surface area contributed by atoms with E-state index in [1.165, 1.54) is 18.4 Å². The van der Waals surface area contributed by atoms with E-state index >= 15 is 0 Å². The van der Waals surface area contributed by atoms with E-state index in [9.17, 15) is 8.42 Å². The molecule has 2 atom stereocenters. The third kappa shape index (κ3) is 7.10. The SMILES string of the molecule is CCNC(=NCC1(NC(C)c2ccccc2)CCCC1)NC1CCS(=O)(=O)C1.I. The van der Waals surface area contributed by atoms with Crippen LogP contribution in [0.3, 0.4) is 0 Å². The summed E-state index contributed by atoms with van der Waals surface area (Å²) in [5.74, 6) is 1.20. The zero-order chi connectivity index (χ0) is 20.0. The van der Waals surface area contributed by atoms with Crippen LogP contribution in [0.2, 0.25) is 0 Å². The van der Waals surface area contributed by atoms with Gasteiger partial charge in [-0.05, 0) is 38.7 Å². The fraction of sp³-hybridized carbons (Fsp3) is 0.667. The summed E-state index contributed by atoms with van der Waals surface area (Å²) in [6, 6.07) is 10.8. The quantitative estimate of drug-likeness (QED) is 0.285. The van der Waals surface area contributed by atoms with E-state index in [0.29, 0.717) is 13.0 Å². The number of sulfone groups is 1. The van der Waals surface area contributed by atoms with Gasteiger partial charge < -0.3 is 16.0 Å². The molecular formula is C21H35IN4O2S. The summed E-state index contributed by atoms with van der Waals surface area (Å²) in [6.45, 7) is 5.70. The number of halogens is 1. The second-order valence-electron chi connectivity index (χ2n) is 8.20. The molecule has 6 nitrogen and oxygen atoms in total. The topological polar surface area (TPSA) is 82.6 Å². The number of nitrogens with one attached hydrogen (secondary N) is 3. The van der Waals surface area contributed by atoms with Crippen LogP contribution in [-0.4, -0.2) is 50.6 Å². The van der Waals surface area contributed by atoms with E-state index in [2.05, 4.69) is 47.1 Å². The van der Waals surface area contributed by atoms with Gasteiger partial charge in [-0.25, -0.2) is 8.42 Å². The lowest BCUT2D eigenvalue weighted by molar-refractivity contribution is 0.307. The van der Waals surface area contributed by atoms with Crippen molar-refractivity contribution in [3.63, 3.8) is 0 Å². The lowest BCUT2D eigenvalue weighted by Crippen LogP contribution is -2.49. The van der Waals surface area contributed by atoms with Crippen molar-refractivity contribution in [2.75, 3.05) is 24.6 Å². The number of guanidine groups is 1. The first-order valence-electron chi connectivity index (χ1n) is 10.5. The van der Waals surface area contributed by atoms with Gasteiger partial charge >= 0.3 is 0 Å². The highest BCUT2D eigenvalue weighted by Gasteiger charge is 2.35. The number of benzene rings is 1. The molecule has 1 aromatic carbocycles. The van der Waals surface area contributed by atoms with Gasteiger partial charge in [-0.1, -0.05) is 43.2 Å². The molecule has 2 aliphatic rings. The first kappa shape index (κ1) is 24.4. The molecule has 0 amide bonds. The van der Waals surface area contributed by atoms with Gasteiger partial charge in [-0.2, -0.15) is 0 Å². The zero-order valence-electron chi connectivity index (χ0n) is 17.5. The molecule has 1 saturated carbocycles. The number of rotatable bonds is 7. The zero-order valence-corrected chi connectivity index (χ0v) is 20.6. The van der Waals surface area contributed by atoms with Crippen molar-refractivity contribution in [1.29, 1.82) is 0 Å². The molecule has 1 aliphatic carbocycles. The molecule has 1 saturated heterocycles. The van der Waals surface area contributed by atoms with E-state index in [1.807, 2.05) is 13.0 Å². The Hall–Kier alpha value is -0.870. The lowest BCUT2D eigenvalue weighted by atomic mass is 9.95. The summed E-state index contributed by atoms with van der Waals surface area (Å²) in [4.78, 5) is 4.86. The monoisotopic (exact) mass is 534 g/mol. The van der Waals surface area contributed by atoms with Gasteiger partial charge in [-0.15, -0.1) is 24.0 Å². The largest absolute Gasteiger partial charge is 0.357 e. The summed E-state index contributed by atoms with van der Waals surface area (Å²) < 4.78 is 23.5. The Morgan fingerprint density at radius 1 is 1.24 bits per heavy atom. The Bertz CT molecular complexity index is 764. The van der Waals surface area contributed by atoms with Gasteiger partial charge in [0.25, 0.3) is 0 Å². The molecular weight excluding hydrogens is 499 g/mol. The second-order valence-corrected chi connectivity index (χ2v) is 10.4. The van der Waals surface area contributed by atoms with Crippen LogP contribution in [0.5, 0.6) is 0 Å². The van der Waals surface area contributed by atoms with E-state index in [4.69, 9.17) is 4.99 Å². The van der Waals surface area contributed by atoms with Crippen LogP contribution in [-0.2, 0) is 9.84 Å². The summed E-state index contributed by atoms with van der Waals surface area (Å²) in [5.41, 5.74) is 1.29. The Labute approximate surface area is 192 Å². The molecule has 0 bridgehead atoms. The third-order valence-electron chi connectivity index (χ3n) is 5.84. The molecule has 3 N–H and O–H groups in total.